The zero-order chi connectivity index (χ0) is 11.6. The first-order chi connectivity index (χ1) is 7.67. The van der Waals surface area contributed by atoms with Crippen LogP contribution >= 0.6 is 0 Å². The highest BCUT2D eigenvalue weighted by molar-refractivity contribution is 5.81. The van der Waals surface area contributed by atoms with Crippen molar-refractivity contribution in [3.63, 3.8) is 0 Å². The molecule has 3 nitrogen and oxygen atoms in total. The van der Waals surface area contributed by atoms with Crippen molar-refractivity contribution in [3.8, 4) is 0 Å². The van der Waals surface area contributed by atoms with Crippen molar-refractivity contribution in [2.45, 2.75) is 24.8 Å². The molecule has 1 saturated heterocycles. The lowest BCUT2D eigenvalue weighted by Gasteiger charge is -2.35. The molecule has 86 valence electrons. The molecule has 0 saturated carbocycles. The van der Waals surface area contributed by atoms with Crippen molar-refractivity contribution in [3.05, 3.63) is 35.6 Å². The third kappa shape index (κ3) is 1.69. The van der Waals surface area contributed by atoms with Gasteiger partial charge in [0.25, 0.3) is 0 Å². The first kappa shape index (κ1) is 11.1. The second-order valence-electron chi connectivity index (χ2n) is 4.07. The van der Waals surface area contributed by atoms with E-state index in [4.69, 9.17) is 0 Å². The normalized spacial score (nSPS) is 25.3. The van der Waals surface area contributed by atoms with Crippen LogP contribution in [0.3, 0.4) is 0 Å². The first-order valence-corrected chi connectivity index (χ1v) is 5.40. The lowest BCUT2D eigenvalue weighted by atomic mass is 9.82. The van der Waals surface area contributed by atoms with E-state index in [-0.39, 0.29) is 5.56 Å². The summed E-state index contributed by atoms with van der Waals surface area (Å²) in [5.74, 6) is -1.46. The summed E-state index contributed by atoms with van der Waals surface area (Å²) in [4.78, 5) is 11.4. The molecule has 1 heterocycles. The molecule has 1 fully saturated rings. The number of carboxylic acids is 1. The average Bonchev–Trinajstić information content (AvgIpc) is 2.30. The summed E-state index contributed by atoms with van der Waals surface area (Å²) in [6.45, 7) is 0.612. The van der Waals surface area contributed by atoms with E-state index in [1.165, 1.54) is 6.07 Å². The first-order valence-electron chi connectivity index (χ1n) is 5.40. The molecule has 2 rings (SSSR count). The summed E-state index contributed by atoms with van der Waals surface area (Å²) in [6, 6.07) is 6.08. The molecule has 1 atom stereocenters. The van der Waals surface area contributed by atoms with Gasteiger partial charge < -0.3 is 5.11 Å². The van der Waals surface area contributed by atoms with Crippen LogP contribution in [0.5, 0.6) is 0 Å². The van der Waals surface area contributed by atoms with Gasteiger partial charge in [0.15, 0.2) is 0 Å². The van der Waals surface area contributed by atoms with Gasteiger partial charge in [0.05, 0.1) is 0 Å². The molecule has 2 N–H and O–H groups in total. The summed E-state index contributed by atoms with van der Waals surface area (Å²) in [7, 11) is 0. The third-order valence-corrected chi connectivity index (χ3v) is 3.10. The monoisotopic (exact) mass is 223 g/mol. The van der Waals surface area contributed by atoms with E-state index in [1.54, 1.807) is 18.2 Å². The minimum absolute atomic E-state index is 0.238. The standard InChI is InChI=1S/C12H14FNO2/c13-10-6-2-1-5-9(10)12(11(15)16)7-3-4-8-14-12/h1-2,5-6,14H,3-4,7-8H2,(H,15,16). The van der Waals surface area contributed by atoms with Crippen LogP contribution in [0.15, 0.2) is 24.3 Å². The maximum atomic E-state index is 13.7. The van der Waals surface area contributed by atoms with E-state index in [9.17, 15) is 14.3 Å². The van der Waals surface area contributed by atoms with Crippen LogP contribution in [0, 0.1) is 5.82 Å². The average molecular weight is 223 g/mol. The van der Waals surface area contributed by atoms with Crippen LogP contribution in [-0.4, -0.2) is 17.6 Å². The van der Waals surface area contributed by atoms with Crippen molar-refractivity contribution >= 4 is 5.97 Å². The van der Waals surface area contributed by atoms with Crippen LogP contribution < -0.4 is 5.32 Å². The van der Waals surface area contributed by atoms with Gasteiger partial charge in [-0.25, -0.2) is 9.18 Å². The lowest BCUT2D eigenvalue weighted by molar-refractivity contribution is -0.146. The fourth-order valence-corrected chi connectivity index (χ4v) is 2.24. The van der Waals surface area contributed by atoms with Crippen molar-refractivity contribution in [1.29, 1.82) is 0 Å². The number of rotatable bonds is 2. The van der Waals surface area contributed by atoms with Crippen LogP contribution in [0.2, 0.25) is 0 Å². The van der Waals surface area contributed by atoms with Crippen molar-refractivity contribution in [2.24, 2.45) is 0 Å². The highest BCUT2D eigenvalue weighted by Crippen LogP contribution is 2.32. The Labute approximate surface area is 93.3 Å². The quantitative estimate of drug-likeness (QED) is 0.804. The molecular weight excluding hydrogens is 209 g/mol. The Bertz CT molecular complexity index is 400. The molecule has 1 unspecified atom stereocenters. The van der Waals surface area contributed by atoms with Gasteiger partial charge in [-0.1, -0.05) is 18.2 Å². The minimum atomic E-state index is -1.25. The number of carbonyl (C=O) groups is 1. The maximum Gasteiger partial charge on any atom is 0.328 e. The van der Waals surface area contributed by atoms with E-state index in [0.29, 0.717) is 13.0 Å². The van der Waals surface area contributed by atoms with Crippen LogP contribution in [0.4, 0.5) is 4.39 Å². The van der Waals surface area contributed by atoms with E-state index in [0.717, 1.165) is 12.8 Å². The Kier molecular flexibility index (Phi) is 2.92. The summed E-state index contributed by atoms with van der Waals surface area (Å²) < 4.78 is 13.7. The van der Waals surface area contributed by atoms with Gasteiger partial charge in [-0.15, -0.1) is 0 Å². The molecular formula is C12H14FNO2. The van der Waals surface area contributed by atoms with Crippen LogP contribution in [0.1, 0.15) is 24.8 Å². The number of piperidine rings is 1. The zero-order valence-electron chi connectivity index (χ0n) is 8.87. The fraction of sp³-hybridized carbons (Fsp3) is 0.417. The molecule has 0 aromatic heterocycles. The number of benzene rings is 1. The van der Waals surface area contributed by atoms with Crippen molar-refractivity contribution in [1.82, 2.24) is 5.32 Å². The predicted octanol–water partition coefficient (Wildman–Crippen LogP) is 1.88. The zero-order valence-corrected chi connectivity index (χ0v) is 8.87. The third-order valence-electron chi connectivity index (χ3n) is 3.10. The highest BCUT2D eigenvalue weighted by atomic mass is 19.1. The number of nitrogens with one attached hydrogen (secondary N) is 1. The summed E-state index contributed by atoms with van der Waals surface area (Å²) >= 11 is 0. The number of carboxylic acid groups (broad SMARTS) is 1. The molecule has 0 bridgehead atoms. The Morgan fingerprint density at radius 2 is 2.12 bits per heavy atom. The number of halogens is 1. The van der Waals surface area contributed by atoms with E-state index in [2.05, 4.69) is 5.32 Å². The molecule has 0 aliphatic carbocycles. The van der Waals surface area contributed by atoms with E-state index in [1.807, 2.05) is 0 Å². The summed E-state index contributed by atoms with van der Waals surface area (Å²) in [5, 5.41) is 12.3. The van der Waals surface area contributed by atoms with Crippen LogP contribution in [-0.2, 0) is 10.3 Å². The van der Waals surface area contributed by atoms with Gasteiger partial charge in [-0.05, 0) is 31.9 Å². The Hall–Kier alpha value is -1.42. The molecule has 0 amide bonds. The fourth-order valence-electron chi connectivity index (χ4n) is 2.24. The van der Waals surface area contributed by atoms with Gasteiger partial charge in [0, 0.05) is 5.56 Å². The second-order valence-corrected chi connectivity index (χ2v) is 4.07. The van der Waals surface area contributed by atoms with Gasteiger partial charge in [-0.2, -0.15) is 0 Å². The van der Waals surface area contributed by atoms with Gasteiger partial charge in [-0.3, -0.25) is 5.32 Å². The number of aliphatic carboxylic acids is 1. The molecule has 0 radical (unpaired) electrons. The van der Waals surface area contributed by atoms with E-state index >= 15 is 0 Å². The molecule has 16 heavy (non-hydrogen) atoms. The van der Waals surface area contributed by atoms with E-state index < -0.39 is 17.3 Å². The number of hydrogen-bond acceptors (Lipinski definition) is 2. The molecule has 1 aliphatic rings. The summed E-state index contributed by atoms with van der Waals surface area (Å²) in [6.07, 6.45) is 2.17. The number of hydrogen-bond donors (Lipinski definition) is 2. The van der Waals surface area contributed by atoms with Gasteiger partial charge >= 0.3 is 5.97 Å². The topological polar surface area (TPSA) is 49.3 Å². The SMILES string of the molecule is O=C(O)C1(c2ccccc2F)CCCCN1. The molecule has 1 aromatic rings. The Balaban J connectivity index is 2.47. The minimum Gasteiger partial charge on any atom is -0.480 e. The largest absolute Gasteiger partial charge is 0.480 e. The van der Waals surface area contributed by atoms with Crippen LogP contribution in [0.25, 0.3) is 0 Å². The molecule has 4 heteroatoms. The van der Waals surface area contributed by atoms with Crippen molar-refractivity contribution in [2.75, 3.05) is 6.54 Å². The summed E-state index contributed by atoms with van der Waals surface area (Å²) in [5.41, 5.74) is -1.01. The van der Waals surface area contributed by atoms with Gasteiger partial charge in [0.1, 0.15) is 11.4 Å². The smallest absolute Gasteiger partial charge is 0.328 e. The predicted molar refractivity (Wildman–Crippen MR) is 57.6 cm³/mol. The lowest BCUT2D eigenvalue weighted by Crippen LogP contribution is -2.52. The Morgan fingerprint density at radius 3 is 2.69 bits per heavy atom. The molecule has 0 spiro atoms. The molecule has 1 aliphatic heterocycles. The van der Waals surface area contributed by atoms with Gasteiger partial charge in [0.2, 0.25) is 0 Å². The Morgan fingerprint density at radius 1 is 1.38 bits per heavy atom. The second kappa shape index (κ2) is 4.22. The molecule has 1 aromatic carbocycles. The van der Waals surface area contributed by atoms with Crippen molar-refractivity contribution < 1.29 is 14.3 Å². The maximum absolute atomic E-state index is 13.7. The highest BCUT2D eigenvalue weighted by Gasteiger charge is 2.42.